The van der Waals surface area contributed by atoms with Crippen molar-refractivity contribution in [2.75, 3.05) is 11.1 Å². The van der Waals surface area contributed by atoms with Gasteiger partial charge in [-0.2, -0.15) is 0 Å². The van der Waals surface area contributed by atoms with Crippen LogP contribution in [0.1, 0.15) is 0 Å². The second kappa shape index (κ2) is 5.40. The summed E-state index contributed by atoms with van der Waals surface area (Å²) < 4.78 is 22.3. The number of nitro benzene ring substituents is 1. The molecule has 21 heavy (non-hydrogen) atoms. The molecule has 0 fully saturated rings. The van der Waals surface area contributed by atoms with E-state index in [9.17, 15) is 28.4 Å². The second-order valence-corrected chi connectivity index (χ2v) is 6.25. The van der Waals surface area contributed by atoms with Crippen molar-refractivity contribution in [2.24, 2.45) is 0 Å². The number of amides is 2. The first-order valence-electron chi connectivity index (χ1n) is 5.73. The maximum atomic E-state index is 11.7. The number of nitrogens with zero attached hydrogens (tertiary/aromatic N) is 1. The topological polar surface area (TPSA) is 139 Å². The van der Waals surface area contributed by atoms with Gasteiger partial charge in [0.1, 0.15) is 5.75 Å². The number of carbonyl (C=O) groups excluding carboxylic acids is 1. The zero-order chi connectivity index (χ0) is 15.6. The number of nitro groups is 1. The highest BCUT2D eigenvalue weighted by molar-refractivity contribution is 7.94. The second-order valence-electron chi connectivity index (χ2n) is 4.32. The number of rotatable bonds is 3. The molecule has 0 radical (unpaired) electrons. The number of phenols is 1. The minimum Gasteiger partial charge on any atom is -0.506 e. The van der Waals surface area contributed by atoms with Gasteiger partial charge in [-0.3, -0.25) is 10.1 Å². The Hall–Kier alpha value is -2.62. The summed E-state index contributed by atoms with van der Waals surface area (Å²) in [5.41, 5.74) is -0.341. The normalized spacial score (nSPS) is 19.1. The van der Waals surface area contributed by atoms with Gasteiger partial charge in [-0.25, -0.2) is 13.2 Å². The summed E-state index contributed by atoms with van der Waals surface area (Å²) in [7, 11) is -3.28. The third-order valence-electron chi connectivity index (χ3n) is 2.69. The Kier molecular flexibility index (Phi) is 3.80. The molecule has 0 saturated carbocycles. The highest BCUT2D eigenvalue weighted by Gasteiger charge is 2.23. The van der Waals surface area contributed by atoms with Crippen molar-refractivity contribution >= 4 is 27.2 Å². The molecule has 112 valence electrons. The third kappa shape index (κ3) is 3.69. The van der Waals surface area contributed by atoms with Gasteiger partial charge in [-0.1, -0.05) is 0 Å². The fraction of sp³-hybridized carbons (Fsp3) is 0.182. The number of non-ortho nitro benzene ring substituents is 1. The van der Waals surface area contributed by atoms with E-state index in [4.69, 9.17) is 0 Å². The van der Waals surface area contributed by atoms with Gasteiger partial charge < -0.3 is 15.7 Å². The van der Waals surface area contributed by atoms with Crippen molar-refractivity contribution in [1.29, 1.82) is 0 Å². The molecular formula is C11H11N3O6S. The molecule has 0 aliphatic carbocycles. The van der Waals surface area contributed by atoms with E-state index >= 15 is 0 Å². The van der Waals surface area contributed by atoms with Crippen molar-refractivity contribution in [3.05, 3.63) is 39.8 Å². The van der Waals surface area contributed by atoms with Crippen molar-refractivity contribution in [1.82, 2.24) is 5.32 Å². The van der Waals surface area contributed by atoms with Crippen LogP contribution in [0.4, 0.5) is 16.2 Å². The number of hydrogen-bond donors (Lipinski definition) is 3. The lowest BCUT2D eigenvalue weighted by atomic mass is 10.2. The van der Waals surface area contributed by atoms with Gasteiger partial charge >= 0.3 is 6.03 Å². The average Bonchev–Trinajstić information content (AvgIpc) is 2.70. The molecule has 0 spiro atoms. The molecular weight excluding hydrogens is 302 g/mol. The van der Waals surface area contributed by atoms with Gasteiger partial charge in [0, 0.05) is 11.5 Å². The first-order chi connectivity index (χ1) is 9.77. The number of carbonyl (C=O) groups is 1. The Labute approximate surface area is 119 Å². The summed E-state index contributed by atoms with van der Waals surface area (Å²) in [5.74, 6) is -0.693. The lowest BCUT2D eigenvalue weighted by molar-refractivity contribution is -0.384. The zero-order valence-electron chi connectivity index (χ0n) is 10.5. The van der Waals surface area contributed by atoms with E-state index in [2.05, 4.69) is 10.6 Å². The lowest BCUT2D eigenvalue weighted by Crippen LogP contribution is -2.38. The quantitative estimate of drug-likeness (QED) is 0.427. The largest absolute Gasteiger partial charge is 0.506 e. The SMILES string of the molecule is O=C(Nc1ccc([N+](=O)[O-])cc1O)NC1C=CS(=O)(=O)C1. The Morgan fingerprint density at radius 3 is 2.67 bits per heavy atom. The molecule has 2 amide bonds. The number of sulfone groups is 1. The number of nitrogens with one attached hydrogen (secondary N) is 2. The number of aromatic hydroxyl groups is 1. The summed E-state index contributed by atoms with van der Waals surface area (Å²) in [5, 5.41) is 25.8. The van der Waals surface area contributed by atoms with Crippen LogP contribution in [0, 0.1) is 10.1 Å². The van der Waals surface area contributed by atoms with Crippen LogP contribution < -0.4 is 10.6 Å². The Morgan fingerprint density at radius 2 is 2.14 bits per heavy atom. The standard InChI is InChI=1S/C11H11N3O6S/c15-10-5-8(14(17)18)1-2-9(10)13-11(16)12-7-3-4-21(19,20)6-7/h1-5,7,15H,6H2,(H2,12,13,16). The molecule has 1 aliphatic heterocycles. The molecule has 10 heteroatoms. The van der Waals surface area contributed by atoms with Crippen LogP contribution in [0.5, 0.6) is 5.75 Å². The maximum absolute atomic E-state index is 11.7. The molecule has 1 aromatic rings. The van der Waals surface area contributed by atoms with E-state index < -0.39 is 32.6 Å². The van der Waals surface area contributed by atoms with E-state index in [0.29, 0.717) is 0 Å². The van der Waals surface area contributed by atoms with Gasteiger partial charge in [0.05, 0.1) is 28.5 Å². The number of urea groups is 1. The summed E-state index contributed by atoms with van der Waals surface area (Å²) in [6.07, 6.45) is 1.34. The van der Waals surface area contributed by atoms with Crippen LogP contribution >= 0.6 is 0 Å². The monoisotopic (exact) mass is 313 g/mol. The van der Waals surface area contributed by atoms with Crippen molar-refractivity contribution < 1.29 is 23.2 Å². The Morgan fingerprint density at radius 1 is 1.43 bits per heavy atom. The average molecular weight is 313 g/mol. The van der Waals surface area contributed by atoms with Crippen LogP contribution in [-0.2, 0) is 9.84 Å². The predicted octanol–water partition coefficient (Wildman–Crippen LogP) is 0.733. The lowest BCUT2D eigenvalue weighted by Gasteiger charge is -2.12. The van der Waals surface area contributed by atoms with E-state index in [1.54, 1.807) is 0 Å². The van der Waals surface area contributed by atoms with Gasteiger partial charge in [-0.05, 0) is 12.1 Å². The minimum atomic E-state index is -3.28. The fourth-order valence-corrected chi connectivity index (χ4v) is 2.97. The van der Waals surface area contributed by atoms with Crippen molar-refractivity contribution in [3.63, 3.8) is 0 Å². The predicted molar refractivity (Wildman–Crippen MR) is 73.6 cm³/mol. The highest BCUT2D eigenvalue weighted by atomic mass is 32.2. The smallest absolute Gasteiger partial charge is 0.319 e. The third-order valence-corrected chi connectivity index (χ3v) is 4.08. The van der Waals surface area contributed by atoms with Crippen LogP contribution in [0.3, 0.4) is 0 Å². The molecule has 1 heterocycles. The first-order valence-corrected chi connectivity index (χ1v) is 7.44. The molecule has 2 rings (SSSR count). The van der Waals surface area contributed by atoms with Crippen LogP contribution in [0.2, 0.25) is 0 Å². The van der Waals surface area contributed by atoms with Crippen LogP contribution in [0.15, 0.2) is 29.7 Å². The maximum Gasteiger partial charge on any atom is 0.319 e. The summed E-state index contributed by atoms with van der Waals surface area (Å²) in [6, 6.07) is 1.81. The molecule has 1 aliphatic rings. The van der Waals surface area contributed by atoms with Gasteiger partial charge in [0.15, 0.2) is 9.84 Å². The number of phenolic OH excluding ortho intramolecular Hbond substituents is 1. The number of anilines is 1. The highest BCUT2D eigenvalue weighted by Crippen LogP contribution is 2.27. The molecule has 0 aromatic heterocycles. The molecule has 0 bridgehead atoms. The van der Waals surface area contributed by atoms with Gasteiger partial charge in [0.2, 0.25) is 0 Å². The molecule has 1 aromatic carbocycles. The Balaban J connectivity index is 2.00. The van der Waals surface area contributed by atoms with E-state index in [0.717, 1.165) is 17.5 Å². The fourth-order valence-electron chi connectivity index (χ4n) is 1.73. The summed E-state index contributed by atoms with van der Waals surface area (Å²) in [4.78, 5) is 21.5. The minimum absolute atomic E-state index is 0.0251. The van der Waals surface area contributed by atoms with Gasteiger partial charge in [0.25, 0.3) is 5.69 Å². The van der Waals surface area contributed by atoms with Crippen molar-refractivity contribution in [2.45, 2.75) is 6.04 Å². The van der Waals surface area contributed by atoms with Crippen LogP contribution in [-0.4, -0.2) is 36.3 Å². The molecule has 3 N–H and O–H groups in total. The Bertz CT molecular complexity index is 727. The molecule has 1 atom stereocenters. The van der Waals surface area contributed by atoms with E-state index in [1.165, 1.54) is 12.1 Å². The van der Waals surface area contributed by atoms with Gasteiger partial charge in [-0.15, -0.1) is 0 Å². The zero-order valence-corrected chi connectivity index (χ0v) is 11.3. The van der Waals surface area contributed by atoms with E-state index in [1.807, 2.05) is 0 Å². The molecule has 9 nitrogen and oxygen atoms in total. The van der Waals surface area contributed by atoms with E-state index in [-0.39, 0.29) is 17.1 Å². The first kappa shape index (κ1) is 14.8. The van der Waals surface area contributed by atoms with Crippen molar-refractivity contribution in [3.8, 4) is 5.75 Å². The van der Waals surface area contributed by atoms with Crippen LogP contribution in [0.25, 0.3) is 0 Å². The summed E-state index contributed by atoms with van der Waals surface area (Å²) >= 11 is 0. The summed E-state index contributed by atoms with van der Waals surface area (Å²) in [6.45, 7) is 0. The number of hydrogen-bond acceptors (Lipinski definition) is 6. The molecule has 0 saturated heterocycles. The number of benzene rings is 1. The molecule has 1 unspecified atom stereocenters.